The van der Waals surface area contributed by atoms with Crippen molar-refractivity contribution in [3.05, 3.63) is 35.7 Å². The zero-order valence-corrected chi connectivity index (χ0v) is 19.0. The number of aromatic nitrogens is 3. The molecule has 3 rings (SSSR count). The number of nitrogens with one attached hydrogen (secondary N) is 1. The van der Waals surface area contributed by atoms with Crippen LogP contribution in [0.2, 0.25) is 0 Å². The van der Waals surface area contributed by atoms with E-state index in [1.165, 1.54) is 16.1 Å². The van der Waals surface area contributed by atoms with Crippen LogP contribution in [0.5, 0.6) is 0 Å². The lowest BCUT2D eigenvalue weighted by atomic mass is 10.2. The van der Waals surface area contributed by atoms with Crippen LogP contribution in [0.25, 0.3) is 0 Å². The van der Waals surface area contributed by atoms with Crippen molar-refractivity contribution >= 4 is 27.7 Å². The van der Waals surface area contributed by atoms with Gasteiger partial charge in [-0.15, -0.1) is 10.2 Å². The van der Waals surface area contributed by atoms with Crippen molar-refractivity contribution in [2.75, 3.05) is 32.1 Å². The van der Waals surface area contributed by atoms with E-state index in [1.807, 2.05) is 25.5 Å². The van der Waals surface area contributed by atoms with Crippen molar-refractivity contribution < 1.29 is 17.9 Å². The van der Waals surface area contributed by atoms with Crippen LogP contribution >= 0.6 is 11.8 Å². The van der Waals surface area contributed by atoms with Gasteiger partial charge in [-0.3, -0.25) is 4.79 Å². The zero-order chi connectivity index (χ0) is 21.7. The molecule has 1 fully saturated rings. The minimum atomic E-state index is -3.51. The molecule has 2 aromatic rings. The van der Waals surface area contributed by atoms with Gasteiger partial charge in [0.2, 0.25) is 15.9 Å². The Labute approximate surface area is 181 Å². The van der Waals surface area contributed by atoms with Crippen LogP contribution in [0.15, 0.2) is 34.3 Å². The van der Waals surface area contributed by atoms with E-state index in [2.05, 4.69) is 15.5 Å². The summed E-state index contributed by atoms with van der Waals surface area (Å²) < 4.78 is 33.8. The number of carbonyl (C=O) groups excluding carboxylic acids is 1. The number of morpholine rings is 1. The van der Waals surface area contributed by atoms with Gasteiger partial charge in [-0.05, 0) is 17.7 Å². The monoisotopic (exact) mass is 453 g/mol. The molecule has 1 N–H and O–H groups in total. The molecular weight excluding hydrogens is 426 g/mol. The quantitative estimate of drug-likeness (QED) is 0.602. The number of nitrogens with zero attached hydrogens (tertiary/aromatic N) is 4. The van der Waals surface area contributed by atoms with Crippen molar-refractivity contribution in [1.29, 1.82) is 0 Å². The number of thioether (sulfide) groups is 1. The van der Waals surface area contributed by atoms with Crippen LogP contribution in [0.4, 0.5) is 0 Å². The maximum absolute atomic E-state index is 12.6. The highest BCUT2D eigenvalue weighted by Crippen LogP contribution is 2.20. The summed E-state index contributed by atoms with van der Waals surface area (Å²) in [5.41, 5.74) is 0.829. The van der Waals surface area contributed by atoms with E-state index < -0.39 is 10.0 Å². The van der Waals surface area contributed by atoms with Crippen LogP contribution in [0.3, 0.4) is 0 Å². The fourth-order valence-electron chi connectivity index (χ4n) is 3.05. The van der Waals surface area contributed by atoms with E-state index in [-0.39, 0.29) is 22.5 Å². The number of hydrogen-bond donors (Lipinski definition) is 1. The number of carbonyl (C=O) groups is 1. The minimum absolute atomic E-state index is 0.126. The highest BCUT2D eigenvalue weighted by Gasteiger charge is 2.26. The Bertz CT molecular complexity index is 967. The normalized spacial score (nSPS) is 15.5. The lowest BCUT2D eigenvalue weighted by molar-refractivity contribution is -0.118. The van der Waals surface area contributed by atoms with Crippen molar-refractivity contribution in [3.63, 3.8) is 0 Å². The summed E-state index contributed by atoms with van der Waals surface area (Å²) in [6, 6.07) is 6.60. The summed E-state index contributed by atoms with van der Waals surface area (Å²) in [7, 11) is -1.62. The van der Waals surface area contributed by atoms with Gasteiger partial charge in [0.1, 0.15) is 5.82 Å². The van der Waals surface area contributed by atoms with Crippen LogP contribution < -0.4 is 5.32 Å². The smallest absolute Gasteiger partial charge is 0.243 e. The molecule has 1 aliphatic rings. The Morgan fingerprint density at radius 1 is 1.20 bits per heavy atom. The molecule has 9 nitrogen and oxygen atoms in total. The topological polar surface area (TPSA) is 106 Å². The minimum Gasteiger partial charge on any atom is -0.379 e. The molecule has 0 saturated carbocycles. The van der Waals surface area contributed by atoms with E-state index in [0.29, 0.717) is 38.0 Å². The number of ether oxygens (including phenoxy) is 1. The lowest BCUT2D eigenvalue weighted by Gasteiger charge is -2.26. The summed E-state index contributed by atoms with van der Waals surface area (Å²) in [6.07, 6.45) is 0. The van der Waals surface area contributed by atoms with E-state index in [0.717, 1.165) is 11.4 Å². The molecule has 1 amide bonds. The van der Waals surface area contributed by atoms with Crippen molar-refractivity contribution in [1.82, 2.24) is 24.4 Å². The SMILES string of the molecule is CC(C)c1nnc(SCC(=O)NCc2ccc(S(=O)(=O)N3CCOCC3)cc2)n1C. The van der Waals surface area contributed by atoms with Crippen LogP contribution in [0, 0.1) is 0 Å². The number of hydrogen-bond acceptors (Lipinski definition) is 7. The van der Waals surface area contributed by atoms with Gasteiger partial charge in [0, 0.05) is 32.6 Å². The molecule has 2 heterocycles. The molecule has 164 valence electrons. The highest BCUT2D eigenvalue weighted by atomic mass is 32.2. The Balaban J connectivity index is 1.50. The fourth-order valence-corrected chi connectivity index (χ4v) is 5.21. The number of sulfonamides is 1. The fraction of sp³-hybridized carbons (Fsp3) is 0.526. The number of amides is 1. The molecule has 1 aliphatic heterocycles. The zero-order valence-electron chi connectivity index (χ0n) is 17.4. The molecule has 1 aromatic heterocycles. The predicted molar refractivity (Wildman–Crippen MR) is 114 cm³/mol. The first kappa shape index (κ1) is 22.7. The third-order valence-electron chi connectivity index (χ3n) is 4.74. The standard InChI is InChI=1S/C19H27N5O4S2/c1-14(2)18-21-22-19(23(18)3)29-13-17(25)20-12-15-4-6-16(7-5-15)30(26,27)24-8-10-28-11-9-24/h4-7,14H,8-13H2,1-3H3,(H,20,25). The second kappa shape index (κ2) is 9.90. The van der Waals surface area contributed by atoms with Gasteiger partial charge in [-0.1, -0.05) is 37.7 Å². The lowest BCUT2D eigenvalue weighted by Crippen LogP contribution is -2.40. The molecule has 1 aromatic carbocycles. The van der Waals surface area contributed by atoms with Gasteiger partial charge in [-0.2, -0.15) is 4.31 Å². The Morgan fingerprint density at radius 3 is 2.47 bits per heavy atom. The van der Waals surface area contributed by atoms with E-state index in [4.69, 9.17) is 4.74 Å². The van der Waals surface area contributed by atoms with E-state index in [1.54, 1.807) is 24.3 Å². The van der Waals surface area contributed by atoms with E-state index in [9.17, 15) is 13.2 Å². The van der Waals surface area contributed by atoms with Gasteiger partial charge in [0.05, 0.1) is 23.9 Å². The molecule has 30 heavy (non-hydrogen) atoms. The molecule has 0 radical (unpaired) electrons. The Morgan fingerprint density at radius 2 is 1.87 bits per heavy atom. The van der Waals surface area contributed by atoms with Gasteiger partial charge < -0.3 is 14.6 Å². The first-order chi connectivity index (χ1) is 14.3. The summed E-state index contributed by atoms with van der Waals surface area (Å²) in [4.78, 5) is 12.4. The first-order valence-electron chi connectivity index (χ1n) is 9.74. The molecule has 1 saturated heterocycles. The van der Waals surface area contributed by atoms with Crippen LogP contribution in [0.1, 0.15) is 31.2 Å². The van der Waals surface area contributed by atoms with Crippen molar-refractivity contribution in [3.8, 4) is 0 Å². The molecule has 0 aliphatic carbocycles. The Kier molecular flexibility index (Phi) is 7.50. The highest BCUT2D eigenvalue weighted by molar-refractivity contribution is 7.99. The van der Waals surface area contributed by atoms with Crippen LogP contribution in [-0.4, -0.2) is 65.5 Å². The number of benzene rings is 1. The van der Waals surface area contributed by atoms with Gasteiger partial charge in [-0.25, -0.2) is 8.42 Å². The predicted octanol–water partition coefficient (Wildman–Crippen LogP) is 1.37. The average molecular weight is 454 g/mol. The third-order valence-corrected chi connectivity index (χ3v) is 7.67. The molecule has 11 heteroatoms. The second-order valence-corrected chi connectivity index (χ2v) is 10.2. The van der Waals surface area contributed by atoms with Gasteiger partial charge >= 0.3 is 0 Å². The summed E-state index contributed by atoms with van der Waals surface area (Å²) in [5.74, 6) is 1.25. The molecule has 0 unspecified atom stereocenters. The number of rotatable bonds is 8. The van der Waals surface area contributed by atoms with Gasteiger partial charge in [0.15, 0.2) is 5.16 Å². The summed E-state index contributed by atoms with van der Waals surface area (Å²) >= 11 is 1.33. The maximum Gasteiger partial charge on any atom is 0.243 e. The van der Waals surface area contributed by atoms with Crippen molar-refractivity contribution in [2.45, 2.75) is 36.4 Å². The van der Waals surface area contributed by atoms with E-state index >= 15 is 0 Å². The molecule has 0 spiro atoms. The second-order valence-electron chi connectivity index (χ2n) is 7.28. The van der Waals surface area contributed by atoms with Crippen molar-refractivity contribution in [2.24, 2.45) is 7.05 Å². The molecule has 0 bridgehead atoms. The van der Waals surface area contributed by atoms with Crippen LogP contribution in [-0.2, 0) is 33.1 Å². The summed E-state index contributed by atoms with van der Waals surface area (Å²) in [6.45, 7) is 5.96. The Hall–Kier alpha value is -1.95. The molecular formula is C19H27N5O4S2. The summed E-state index contributed by atoms with van der Waals surface area (Å²) in [5, 5.41) is 11.8. The first-order valence-corrected chi connectivity index (χ1v) is 12.2. The average Bonchev–Trinajstić information content (AvgIpc) is 3.12. The van der Waals surface area contributed by atoms with Gasteiger partial charge in [0.25, 0.3) is 0 Å². The third kappa shape index (κ3) is 5.39. The molecule has 0 atom stereocenters. The largest absolute Gasteiger partial charge is 0.379 e. The maximum atomic E-state index is 12.6.